The predicted molar refractivity (Wildman–Crippen MR) is 77.4 cm³/mol. The number of hydrogen-bond acceptors (Lipinski definition) is 3. The standard InChI is InChI=1S/C14H23NO2S/c1-3-4-5-6-7-10-18(16)14-11-12(17-2)8-9-13(14)15/h8-9,11H,3-7,10,15H2,1-2H3. The maximum absolute atomic E-state index is 12.1. The van der Waals surface area contributed by atoms with Gasteiger partial charge in [0.25, 0.3) is 0 Å². The molecular formula is C14H23NO2S. The normalized spacial score (nSPS) is 12.3. The molecule has 1 atom stereocenters. The second-order valence-electron chi connectivity index (χ2n) is 4.37. The Morgan fingerprint density at radius 2 is 1.94 bits per heavy atom. The zero-order valence-corrected chi connectivity index (χ0v) is 12.1. The number of rotatable bonds is 8. The molecule has 2 N–H and O–H groups in total. The molecule has 0 bridgehead atoms. The molecule has 0 saturated carbocycles. The van der Waals surface area contributed by atoms with Crippen LogP contribution < -0.4 is 10.5 Å². The van der Waals surface area contributed by atoms with E-state index in [1.807, 2.05) is 0 Å². The van der Waals surface area contributed by atoms with Gasteiger partial charge in [0.15, 0.2) is 0 Å². The minimum atomic E-state index is -1.02. The highest BCUT2D eigenvalue weighted by molar-refractivity contribution is 7.85. The lowest BCUT2D eigenvalue weighted by Crippen LogP contribution is -2.03. The lowest BCUT2D eigenvalue weighted by atomic mass is 10.2. The number of ether oxygens (including phenoxy) is 1. The summed E-state index contributed by atoms with van der Waals surface area (Å²) in [5.41, 5.74) is 6.43. The first-order valence-electron chi connectivity index (χ1n) is 6.51. The molecule has 0 aliphatic carbocycles. The fourth-order valence-electron chi connectivity index (χ4n) is 1.79. The Balaban J connectivity index is 2.50. The first-order chi connectivity index (χ1) is 8.69. The van der Waals surface area contributed by atoms with E-state index >= 15 is 0 Å². The Morgan fingerprint density at radius 3 is 2.61 bits per heavy atom. The quantitative estimate of drug-likeness (QED) is 0.581. The van der Waals surface area contributed by atoms with Crippen molar-refractivity contribution in [2.45, 2.75) is 43.9 Å². The van der Waals surface area contributed by atoms with Gasteiger partial charge in [0.2, 0.25) is 0 Å². The molecule has 0 aromatic heterocycles. The van der Waals surface area contributed by atoms with Gasteiger partial charge in [0.1, 0.15) is 5.75 Å². The molecule has 1 rings (SSSR count). The SMILES string of the molecule is CCCCCCCS(=O)c1cc(OC)ccc1N. The second-order valence-corrected chi connectivity index (χ2v) is 5.91. The number of anilines is 1. The van der Waals surface area contributed by atoms with Crippen LogP contribution in [-0.4, -0.2) is 17.1 Å². The molecule has 0 aliphatic heterocycles. The van der Waals surface area contributed by atoms with E-state index in [0.717, 1.165) is 12.8 Å². The van der Waals surface area contributed by atoms with Crippen LogP contribution in [0.2, 0.25) is 0 Å². The largest absolute Gasteiger partial charge is 0.497 e. The molecule has 1 aromatic carbocycles. The van der Waals surface area contributed by atoms with Crippen LogP contribution in [-0.2, 0) is 10.8 Å². The lowest BCUT2D eigenvalue weighted by Gasteiger charge is -2.08. The van der Waals surface area contributed by atoms with Crippen LogP contribution in [0.5, 0.6) is 5.75 Å². The van der Waals surface area contributed by atoms with E-state index in [1.54, 1.807) is 25.3 Å². The molecule has 0 amide bonds. The Morgan fingerprint density at radius 1 is 1.22 bits per heavy atom. The van der Waals surface area contributed by atoms with Crippen molar-refractivity contribution >= 4 is 16.5 Å². The van der Waals surface area contributed by atoms with E-state index in [9.17, 15) is 4.21 Å². The summed E-state index contributed by atoms with van der Waals surface area (Å²) in [7, 11) is 0.583. The van der Waals surface area contributed by atoms with Crippen molar-refractivity contribution in [2.75, 3.05) is 18.6 Å². The molecule has 18 heavy (non-hydrogen) atoms. The Hall–Kier alpha value is -1.03. The summed E-state index contributed by atoms with van der Waals surface area (Å²) in [5, 5.41) is 0. The Labute approximate surface area is 112 Å². The van der Waals surface area contributed by atoms with Crippen molar-refractivity contribution in [1.29, 1.82) is 0 Å². The van der Waals surface area contributed by atoms with Gasteiger partial charge >= 0.3 is 0 Å². The number of benzene rings is 1. The van der Waals surface area contributed by atoms with E-state index in [1.165, 1.54) is 19.3 Å². The molecule has 0 aliphatic rings. The fraction of sp³-hybridized carbons (Fsp3) is 0.571. The minimum Gasteiger partial charge on any atom is -0.497 e. The van der Waals surface area contributed by atoms with Crippen molar-refractivity contribution in [3.05, 3.63) is 18.2 Å². The molecule has 3 nitrogen and oxygen atoms in total. The van der Waals surface area contributed by atoms with Crippen LogP contribution >= 0.6 is 0 Å². The third kappa shape index (κ3) is 4.69. The number of nitrogens with two attached hydrogens (primary N) is 1. The van der Waals surface area contributed by atoms with Crippen molar-refractivity contribution in [3.8, 4) is 5.75 Å². The smallest absolute Gasteiger partial charge is 0.120 e. The number of nitrogen functional groups attached to an aromatic ring is 1. The fourth-order valence-corrected chi connectivity index (χ4v) is 3.05. The highest BCUT2D eigenvalue weighted by Crippen LogP contribution is 2.23. The van der Waals surface area contributed by atoms with Gasteiger partial charge < -0.3 is 10.5 Å². The molecule has 0 fully saturated rings. The predicted octanol–water partition coefficient (Wildman–Crippen LogP) is 3.36. The molecular weight excluding hydrogens is 246 g/mol. The summed E-state index contributed by atoms with van der Waals surface area (Å²) in [4.78, 5) is 0.699. The monoisotopic (exact) mass is 269 g/mol. The number of unbranched alkanes of at least 4 members (excludes halogenated alkanes) is 4. The average molecular weight is 269 g/mol. The van der Waals surface area contributed by atoms with E-state index in [-0.39, 0.29) is 0 Å². The van der Waals surface area contributed by atoms with E-state index in [0.29, 0.717) is 22.1 Å². The first kappa shape index (κ1) is 15.0. The second kappa shape index (κ2) is 8.14. The topological polar surface area (TPSA) is 52.3 Å². The molecule has 4 heteroatoms. The molecule has 1 unspecified atom stereocenters. The highest BCUT2D eigenvalue weighted by atomic mass is 32.2. The molecule has 1 aromatic rings. The third-order valence-electron chi connectivity index (χ3n) is 2.90. The van der Waals surface area contributed by atoms with Crippen molar-refractivity contribution in [1.82, 2.24) is 0 Å². The van der Waals surface area contributed by atoms with E-state index < -0.39 is 10.8 Å². The summed E-state index contributed by atoms with van der Waals surface area (Å²) in [6.45, 7) is 2.19. The summed E-state index contributed by atoms with van der Waals surface area (Å²) < 4.78 is 17.3. The summed E-state index contributed by atoms with van der Waals surface area (Å²) >= 11 is 0. The van der Waals surface area contributed by atoms with E-state index in [2.05, 4.69) is 6.92 Å². The van der Waals surface area contributed by atoms with Crippen LogP contribution in [0.25, 0.3) is 0 Å². The van der Waals surface area contributed by atoms with Crippen LogP contribution in [0.15, 0.2) is 23.1 Å². The summed E-state index contributed by atoms with van der Waals surface area (Å²) in [6.07, 6.45) is 5.84. The van der Waals surface area contributed by atoms with Crippen molar-refractivity contribution in [2.24, 2.45) is 0 Å². The first-order valence-corrected chi connectivity index (χ1v) is 7.82. The summed E-state index contributed by atoms with van der Waals surface area (Å²) in [6, 6.07) is 5.32. The van der Waals surface area contributed by atoms with Crippen molar-refractivity contribution in [3.63, 3.8) is 0 Å². The highest BCUT2D eigenvalue weighted by Gasteiger charge is 2.09. The maximum Gasteiger partial charge on any atom is 0.120 e. The molecule has 0 heterocycles. The number of hydrogen-bond donors (Lipinski definition) is 1. The summed E-state index contributed by atoms with van der Waals surface area (Å²) in [5.74, 6) is 1.39. The van der Waals surface area contributed by atoms with Gasteiger partial charge in [-0.15, -0.1) is 0 Å². The van der Waals surface area contributed by atoms with Crippen LogP contribution in [0.3, 0.4) is 0 Å². The van der Waals surface area contributed by atoms with Gasteiger partial charge in [0, 0.05) is 11.4 Å². The maximum atomic E-state index is 12.1. The molecule has 0 saturated heterocycles. The molecule has 102 valence electrons. The van der Waals surface area contributed by atoms with Crippen LogP contribution in [0, 0.1) is 0 Å². The third-order valence-corrected chi connectivity index (χ3v) is 4.40. The van der Waals surface area contributed by atoms with Gasteiger partial charge in [-0.3, -0.25) is 4.21 Å². The zero-order valence-electron chi connectivity index (χ0n) is 11.3. The van der Waals surface area contributed by atoms with Gasteiger partial charge in [-0.1, -0.05) is 32.6 Å². The van der Waals surface area contributed by atoms with Gasteiger partial charge in [-0.25, -0.2) is 0 Å². The number of methoxy groups -OCH3 is 1. The lowest BCUT2D eigenvalue weighted by molar-refractivity contribution is 0.413. The van der Waals surface area contributed by atoms with Crippen molar-refractivity contribution < 1.29 is 8.95 Å². The molecule has 0 spiro atoms. The van der Waals surface area contributed by atoms with E-state index in [4.69, 9.17) is 10.5 Å². The van der Waals surface area contributed by atoms with Gasteiger partial charge in [0.05, 0.1) is 22.8 Å². The Bertz CT molecular complexity index is 393. The van der Waals surface area contributed by atoms with Gasteiger partial charge in [-0.2, -0.15) is 0 Å². The minimum absolute atomic E-state index is 0.586. The zero-order chi connectivity index (χ0) is 13.4. The molecule has 0 radical (unpaired) electrons. The van der Waals surface area contributed by atoms with Crippen LogP contribution in [0.4, 0.5) is 5.69 Å². The van der Waals surface area contributed by atoms with Gasteiger partial charge in [-0.05, 0) is 24.6 Å². The van der Waals surface area contributed by atoms with Crippen LogP contribution in [0.1, 0.15) is 39.0 Å². The average Bonchev–Trinajstić information content (AvgIpc) is 2.39. The Kier molecular flexibility index (Phi) is 6.80.